The maximum Gasteiger partial charge on any atom is 0.120 e. The third-order valence-corrected chi connectivity index (χ3v) is 3.60. The van der Waals surface area contributed by atoms with Crippen LogP contribution in [-0.4, -0.2) is 17.6 Å². The smallest absolute Gasteiger partial charge is 0.120 e. The fraction of sp³-hybridized carbons (Fsp3) is 0.571. The summed E-state index contributed by atoms with van der Waals surface area (Å²) >= 11 is 1.91. The summed E-state index contributed by atoms with van der Waals surface area (Å²) in [5.41, 5.74) is 7.32. The molecule has 2 nitrogen and oxygen atoms in total. The number of rotatable bonds is 7. The molecule has 0 bridgehead atoms. The quantitative estimate of drug-likeness (QED) is 0.754. The van der Waals surface area contributed by atoms with E-state index in [-0.39, 0.29) is 12.1 Å². The van der Waals surface area contributed by atoms with Crippen LogP contribution in [0.3, 0.4) is 0 Å². The van der Waals surface area contributed by atoms with Gasteiger partial charge < -0.3 is 10.5 Å². The van der Waals surface area contributed by atoms with E-state index in [0.29, 0.717) is 0 Å². The Morgan fingerprint density at radius 2 is 2.12 bits per heavy atom. The van der Waals surface area contributed by atoms with Crippen molar-refractivity contribution in [3.63, 3.8) is 0 Å². The monoisotopic (exact) mass is 253 g/mol. The molecule has 0 heterocycles. The normalized spacial score (nSPS) is 12.8. The van der Waals surface area contributed by atoms with E-state index in [9.17, 15) is 0 Å². The molecule has 17 heavy (non-hydrogen) atoms. The third-order valence-electron chi connectivity index (χ3n) is 2.30. The zero-order valence-corrected chi connectivity index (χ0v) is 11.8. The van der Waals surface area contributed by atoms with Crippen LogP contribution < -0.4 is 10.5 Å². The summed E-state index contributed by atoms with van der Waals surface area (Å²) in [6.45, 7) is 6.25. The van der Waals surface area contributed by atoms with Crippen molar-refractivity contribution in [1.82, 2.24) is 0 Å². The van der Waals surface area contributed by atoms with Crippen molar-refractivity contribution in [2.24, 2.45) is 5.73 Å². The van der Waals surface area contributed by atoms with Crippen LogP contribution in [0.25, 0.3) is 0 Å². The van der Waals surface area contributed by atoms with Gasteiger partial charge in [-0.25, -0.2) is 0 Å². The van der Waals surface area contributed by atoms with Gasteiger partial charge in [-0.3, -0.25) is 0 Å². The topological polar surface area (TPSA) is 35.2 Å². The van der Waals surface area contributed by atoms with Gasteiger partial charge in [-0.15, -0.1) is 0 Å². The molecule has 0 aliphatic carbocycles. The van der Waals surface area contributed by atoms with Gasteiger partial charge in [0.15, 0.2) is 0 Å². The van der Waals surface area contributed by atoms with Crippen molar-refractivity contribution in [2.75, 3.05) is 11.5 Å². The lowest BCUT2D eigenvalue weighted by atomic mass is 10.1. The highest BCUT2D eigenvalue weighted by Gasteiger charge is 2.07. The van der Waals surface area contributed by atoms with Crippen LogP contribution in [-0.2, 0) is 0 Å². The van der Waals surface area contributed by atoms with E-state index >= 15 is 0 Å². The van der Waals surface area contributed by atoms with E-state index in [1.165, 1.54) is 12.2 Å². The van der Waals surface area contributed by atoms with Gasteiger partial charge in [-0.1, -0.05) is 19.1 Å². The van der Waals surface area contributed by atoms with Crippen molar-refractivity contribution >= 4 is 11.8 Å². The van der Waals surface area contributed by atoms with E-state index in [1.807, 2.05) is 37.7 Å². The molecule has 0 spiro atoms. The maximum atomic E-state index is 6.16. The molecule has 0 fully saturated rings. The highest BCUT2D eigenvalue weighted by atomic mass is 32.2. The third kappa shape index (κ3) is 5.46. The van der Waals surface area contributed by atoms with Crippen LogP contribution in [0, 0.1) is 0 Å². The van der Waals surface area contributed by atoms with Crippen molar-refractivity contribution < 1.29 is 4.74 Å². The van der Waals surface area contributed by atoms with Crippen molar-refractivity contribution in [1.29, 1.82) is 0 Å². The van der Waals surface area contributed by atoms with Gasteiger partial charge in [-0.05, 0) is 43.7 Å². The van der Waals surface area contributed by atoms with E-state index in [1.54, 1.807) is 0 Å². The lowest BCUT2D eigenvalue weighted by Crippen LogP contribution is -2.14. The molecule has 0 amide bonds. The second-order valence-electron chi connectivity index (χ2n) is 4.42. The summed E-state index contributed by atoms with van der Waals surface area (Å²) in [5.74, 6) is 3.06. The predicted octanol–water partition coefficient (Wildman–Crippen LogP) is 3.62. The zero-order valence-electron chi connectivity index (χ0n) is 11.0. The molecule has 0 aromatic heterocycles. The minimum absolute atomic E-state index is 0.0993. The molecule has 1 aromatic rings. The second kappa shape index (κ2) is 7.62. The first kappa shape index (κ1) is 14.4. The van der Waals surface area contributed by atoms with Crippen LogP contribution in [0.15, 0.2) is 24.3 Å². The first-order valence-electron chi connectivity index (χ1n) is 6.23. The molecule has 96 valence electrons. The number of hydrogen-bond donors (Lipinski definition) is 1. The Kier molecular flexibility index (Phi) is 6.45. The number of ether oxygens (including phenoxy) is 1. The Balaban J connectivity index is 2.57. The van der Waals surface area contributed by atoms with Crippen molar-refractivity contribution in [3.8, 4) is 5.75 Å². The summed E-state index contributed by atoms with van der Waals surface area (Å²) in [6.07, 6.45) is 1.41. The number of nitrogens with two attached hydrogens (primary N) is 1. The minimum atomic E-state index is 0.0993. The van der Waals surface area contributed by atoms with Crippen LogP contribution in [0.4, 0.5) is 0 Å². The number of thioether (sulfide) groups is 1. The summed E-state index contributed by atoms with van der Waals surface area (Å²) in [5, 5.41) is 0. The standard InChI is InChI=1S/C14H23NOS/c1-4-8-17-10-14(15)12-6-5-7-13(9-12)16-11(2)3/h5-7,9,11,14H,4,8,10,15H2,1-3H3. The average Bonchev–Trinajstić information content (AvgIpc) is 2.28. The first-order chi connectivity index (χ1) is 8.13. The van der Waals surface area contributed by atoms with Gasteiger partial charge in [-0.2, -0.15) is 11.8 Å². The Hall–Kier alpha value is -0.670. The number of hydrogen-bond acceptors (Lipinski definition) is 3. The molecule has 0 saturated heterocycles. The van der Waals surface area contributed by atoms with Crippen LogP contribution in [0.5, 0.6) is 5.75 Å². The SMILES string of the molecule is CCCSCC(N)c1cccc(OC(C)C)c1. The van der Waals surface area contributed by atoms with Gasteiger partial charge >= 0.3 is 0 Å². The zero-order chi connectivity index (χ0) is 12.7. The second-order valence-corrected chi connectivity index (χ2v) is 5.57. The minimum Gasteiger partial charge on any atom is -0.491 e. The average molecular weight is 253 g/mol. The van der Waals surface area contributed by atoms with Crippen LogP contribution >= 0.6 is 11.8 Å². The lowest BCUT2D eigenvalue weighted by Gasteiger charge is -2.14. The van der Waals surface area contributed by atoms with E-state index in [4.69, 9.17) is 10.5 Å². The fourth-order valence-electron chi connectivity index (χ4n) is 1.54. The molecule has 0 saturated carbocycles. The van der Waals surface area contributed by atoms with Gasteiger partial charge in [0.05, 0.1) is 6.10 Å². The first-order valence-corrected chi connectivity index (χ1v) is 7.39. The summed E-state index contributed by atoms with van der Waals surface area (Å²) in [4.78, 5) is 0. The molecule has 1 aromatic carbocycles. The summed E-state index contributed by atoms with van der Waals surface area (Å²) in [7, 11) is 0. The Morgan fingerprint density at radius 1 is 1.35 bits per heavy atom. The lowest BCUT2D eigenvalue weighted by molar-refractivity contribution is 0.242. The highest BCUT2D eigenvalue weighted by Crippen LogP contribution is 2.21. The molecule has 0 aliphatic rings. The molecule has 0 radical (unpaired) electrons. The van der Waals surface area contributed by atoms with Crippen molar-refractivity contribution in [2.45, 2.75) is 39.3 Å². The molecular formula is C14H23NOS. The molecule has 0 aliphatic heterocycles. The van der Waals surface area contributed by atoms with Gasteiger partial charge in [0.2, 0.25) is 0 Å². The fourth-order valence-corrected chi connectivity index (χ4v) is 2.44. The predicted molar refractivity (Wildman–Crippen MR) is 76.8 cm³/mol. The summed E-state index contributed by atoms with van der Waals surface area (Å²) < 4.78 is 5.67. The van der Waals surface area contributed by atoms with Gasteiger partial charge in [0.1, 0.15) is 5.75 Å². The molecule has 2 N–H and O–H groups in total. The Labute approximate surface area is 109 Å². The molecule has 1 unspecified atom stereocenters. The highest BCUT2D eigenvalue weighted by molar-refractivity contribution is 7.99. The number of benzene rings is 1. The van der Waals surface area contributed by atoms with E-state index in [2.05, 4.69) is 19.1 Å². The molecule has 3 heteroatoms. The molecular weight excluding hydrogens is 230 g/mol. The van der Waals surface area contributed by atoms with E-state index in [0.717, 1.165) is 17.1 Å². The maximum absolute atomic E-state index is 6.16. The van der Waals surface area contributed by atoms with Gasteiger partial charge in [0.25, 0.3) is 0 Å². The summed E-state index contributed by atoms with van der Waals surface area (Å²) in [6, 6.07) is 8.22. The Morgan fingerprint density at radius 3 is 2.76 bits per heavy atom. The van der Waals surface area contributed by atoms with Crippen LogP contribution in [0.2, 0.25) is 0 Å². The van der Waals surface area contributed by atoms with Crippen LogP contribution in [0.1, 0.15) is 38.8 Å². The van der Waals surface area contributed by atoms with E-state index < -0.39 is 0 Å². The van der Waals surface area contributed by atoms with Crippen molar-refractivity contribution in [3.05, 3.63) is 29.8 Å². The molecule has 1 rings (SSSR count). The molecule has 1 atom stereocenters. The largest absolute Gasteiger partial charge is 0.491 e. The Bertz CT molecular complexity index is 328. The van der Waals surface area contributed by atoms with Gasteiger partial charge in [0, 0.05) is 11.8 Å².